The van der Waals surface area contributed by atoms with Gasteiger partial charge in [-0.05, 0) is 89.9 Å². The average Bonchev–Trinajstić information content (AvgIpc) is 3.27. The van der Waals surface area contributed by atoms with Crippen LogP contribution in [0.1, 0.15) is 245 Å². The number of hydrogen-bond donors (Lipinski definition) is 0. The monoisotopic (exact) mass is 865 g/mol. The molecule has 1 atom stereocenters. The third-order valence-electron chi connectivity index (χ3n) is 10.9. The minimum Gasteiger partial charge on any atom is -0.462 e. The molecule has 0 aliphatic rings. The predicted molar refractivity (Wildman–Crippen MR) is 265 cm³/mol. The summed E-state index contributed by atoms with van der Waals surface area (Å²) < 4.78 is 16.7. The Morgan fingerprint density at radius 2 is 0.597 bits per heavy atom. The SMILES string of the molecule is CCCCC/C=C\C/C=C\C/C=C\CCCCC(=O)OC[C@H](COC(=O)CCCCCCCCCCCCCC)OC(=O)CCC/C=C\C/C=C\C/C=C\CCCCCCCC. The van der Waals surface area contributed by atoms with Crippen molar-refractivity contribution < 1.29 is 28.6 Å². The molecule has 0 amide bonds. The van der Waals surface area contributed by atoms with Crippen LogP contribution in [0.25, 0.3) is 0 Å². The second-order valence-corrected chi connectivity index (χ2v) is 17.1. The Bertz CT molecular complexity index is 1180. The summed E-state index contributed by atoms with van der Waals surface area (Å²) in [4.78, 5) is 37.9. The highest BCUT2D eigenvalue weighted by atomic mass is 16.6. The van der Waals surface area contributed by atoms with Gasteiger partial charge in [-0.15, -0.1) is 0 Å². The van der Waals surface area contributed by atoms with E-state index in [1.54, 1.807) is 0 Å². The second kappa shape index (κ2) is 50.5. The van der Waals surface area contributed by atoms with E-state index in [-0.39, 0.29) is 37.5 Å². The number of carbonyl (C=O) groups excluding carboxylic acids is 3. The van der Waals surface area contributed by atoms with Crippen molar-refractivity contribution in [1.29, 1.82) is 0 Å². The molecule has 0 aliphatic carbocycles. The van der Waals surface area contributed by atoms with Crippen LogP contribution >= 0.6 is 0 Å². The fourth-order valence-corrected chi connectivity index (χ4v) is 6.99. The van der Waals surface area contributed by atoms with Crippen LogP contribution in [0.4, 0.5) is 0 Å². The molecular formula is C56H96O6. The Morgan fingerprint density at radius 3 is 1.02 bits per heavy atom. The van der Waals surface area contributed by atoms with Gasteiger partial charge in [-0.2, -0.15) is 0 Å². The van der Waals surface area contributed by atoms with E-state index in [9.17, 15) is 14.4 Å². The van der Waals surface area contributed by atoms with Crippen LogP contribution in [0.5, 0.6) is 0 Å². The topological polar surface area (TPSA) is 78.9 Å². The molecule has 0 heterocycles. The van der Waals surface area contributed by atoms with E-state index in [4.69, 9.17) is 14.2 Å². The molecule has 0 N–H and O–H groups in total. The molecule has 0 saturated carbocycles. The molecular weight excluding hydrogens is 769 g/mol. The van der Waals surface area contributed by atoms with Crippen LogP contribution in [0.3, 0.4) is 0 Å². The molecule has 6 nitrogen and oxygen atoms in total. The lowest BCUT2D eigenvalue weighted by Crippen LogP contribution is -2.30. The Hall–Kier alpha value is -3.15. The van der Waals surface area contributed by atoms with Crippen LogP contribution in [0, 0.1) is 0 Å². The van der Waals surface area contributed by atoms with Gasteiger partial charge in [0.15, 0.2) is 6.10 Å². The van der Waals surface area contributed by atoms with Gasteiger partial charge in [0.2, 0.25) is 0 Å². The average molecular weight is 865 g/mol. The first kappa shape index (κ1) is 58.9. The second-order valence-electron chi connectivity index (χ2n) is 17.1. The Labute approximate surface area is 382 Å². The molecule has 0 spiro atoms. The Kier molecular flexibility index (Phi) is 47.9. The van der Waals surface area contributed by atoms with Crippen LogP contribution in [0.2, 0.25) is 0 Å². The quantitative estimate of drug-likeness (QED) is 0.0262. The van der Waals surface area contributed by atoms with E-state index in [2.05, 4.69) is 93.7 Å². The third-order valence-corrected chi connectivity index (χ3v) is 10.9. The first-order valence-corrected chi connectivity index (χ1v) is 25.9. The van der Waals surface area contributed by atoms with Crippen molar-refractivity contribution in [2.75, 3.05) is 13.2 Å². The van der Waals surface area contributed by atoms with E-state index in [0.29, 0.717) is 19.3 Å². The molecule has 6 heteroatoms. The molecule has 0 bridgehead atoms. The van der Waals surface area contributed by atoms with E-state index >= 15 is 0 Å². The Morgan fingerprint density at radius 1 is 0.323 bits per heavy atom. The molecule has 0 fully saturated rings. The largest absolute Gasteiger partial charge is 0.462 e. The van der Waals surface area contributed by atoms with Gasteiger partial charge in [0.05, 0.1) is 0 Å². The van der Waals surface area contributed by atoms with Crippen molar-refractivity contribution in [2.45, 2.75) is 252 Å². The molecule has 356 valence electrons. The summed E-state index contributed by atoms with van der Waals surface area (Å²) >= 11 is 0. The van der Waals surface area contributed by atoms with Gasteiger partial charge < -0.3 is 14.2 Å². The molecule has 0 aromatic carbocycles. The Balaban J connectivity index is 4.52. The van der Waals surface area contributed by atoms with Gasteiger partial charge in [-0.1, -0.05) is 209 Å². The van der Waals surface area contributed by atoms with Gasteiger partial charge in [-0.25, -0.2) is 0 Å². The number of hydrogen-bond acceptors (Lipinski definition) is 6. The molecule has 0 rings (SSSR count). The first-order valence-electron chi connectivity index (χ1n) is 25.9. The van der Waals surface area contributed by atoms with E-state index in [0.717, 1.165) is 70.6 Å². The summed E-state index contributed by atoms with van der Waals surface area (Å²) in [6.07, 6.45) is 63.2. The zero-order valence-electron chi connectivity index (χ0n) is 40.6. The highest BCUT2D eigenvalue weighted by molar-refractivity contribution is 5.71. The van der Waals surface area contributed by atoms with Gasteiger partial charge >= 0.3 is 17.9 Å². The van der Waals surface area contributed by atoms with E-state index < -0.39 is 6.10 Å². The van der Waals surface area contributed by atoms with Gasteiger partial charge in [0.25, 0.3) is 0 Å². The van der Waals surface area contributed by atoms with Crippen molar-refractivity contribution in [3.05, 3.63) is 72.9 Å². The number of unbranched alkanes of at least 4 members (excludes halogenated alkanes) is 23. The lowest BCUT2D eigenvalue weighted by molar-refractivity contribution is -0.167. The lowest BCUT2D eigenvalue weighted by Gasteiger charge is -2.18. The minimum atomic E-state index is -0.814. The fraction of sp³-hybridized carbons (Fsp3) is 0.732. The first-order chi connectivity index (χ1) is 30.5. The van der Waals surface area contributed by atoms with Gasteiger partial charge in [0.1, 0.15) is 13.2 Å². The van der Waals surface area contributed by atoms with Crippen LogP contribution < -0.4 is 0 Å². The maximum Gasteiger partial charge on any atom is 0.306 e. The zero-order chi connectivity index (χ0) is 45.1. The van der Waals surface area contributed by atoms with Crippen LogP contribution in [0.15, 0.2) is 72.9 Å². The van der Waals surface area contributed by atoms with Gasteiger partial charge in [-0.3, -0.25) is 14.4 Å². The van der Waals surface area contributed by atoms with Crippen LogP contribution in [-0.4, -0.2) is 37.2 Å². The van der Waals surface area contributed by atoms with Crippen molar-refractivity contribution in [2.24, 2.45) is 0 Å². The van der Waals surface area contributed by atoms with Crippen molar-refractivity contribution in [1.82, 2.24) is 0 Å². The minimum absolute atomic E-state index is 0.106. The fourth-order valence-electron chi connectivity index (χ4n) is 6.99. The normalized spacial score (nSPS) is 12.6. The third kappa shape index (κ3) is 47.9. The van der Waals surface area contributed by atoms with E-state index in [1.807, 2.05) is 0 Å². The summed E-state index contributed by atoms with van der Waals surface area (Å²) in [5, 5.41) is 0. The molecule has 0 aromatic heterocycles. The van der Waals surface area contributed by atoms with Crippen molar-refractivity contribution in [3.8, 4) is 0 Å². The summed E-state index contributed by atoms with van der Waals surface area (Å²) in [6, 6.07) is 0. The van der Waals surface area contributed by atoms with Crippen molar-refractivity contribution in [3.63, 3.8) is 0 Å². The summed E-state index contributed by atoms with van der Waals surface area (Å²) in [7, 11) is 0. The van der Waals surface area contributed by atoms with Crippen molar-refractivity contribution >= 4 is 17.9 Å². The zero-order valence-corrected chi connectivity index (χ0v) is 40.6. The summed E-state index contributed by atoms with van der Waals surface area (Å²) in [5.41, 5.74) is 0. The highest BCUT2D eigenvalue weighted by Crippen LogP contribution is 2.14. The number of carbonyl (C=O) groups is 3. The number of allylic oxidation sites excluding steroid dienone is 12. The summed E-state index contributed by atoms with van der Waals surface area (Å²) in [6.45, 7) is 6.52. The maximum absolute atomic E-state index is 12.8. The predicted octanol–water partition coefficient (Wildman–Crippen LogP) is 17.0. The molecule has 0 saturated heterocycles. The molecule has 62 heavy (non-hydrogen) atoms. The number of esters is 3. The smallest absolute Gasteiger partial charge is 0.306 e. The number of rotatable bonds is 46. The van der Waals surface area contributed by atoms with Gasteiger partial charge in [0, 0.05) is 19.3 Å². The maximum atomic E-state index is 12.8. The molecule has 0 aromatic rings. The number of ether oxygens (including phenoxy) is 3. The lowest BCUT2D eigenvalue weighted by atomic mass is 10.0. The summed E-state index contributed by atoms with van der Waals surface area (Å²) in [5.74, 6) is -0.998. The molecule has 0 aliphatic heterocycles. The standard InChI is InChI=1S/C56H96O6/c1-4-7-10-13-16-19-22-25-27-28-30-32-35-38-41-44-47-50-56(59)62-53(51-60-54(57)48-45-42-39-36-33-24-21-18-15-12-9-6-3)52-61-55(58)49-46-43-40-37-34-31-29-26-23-20-17-14-11-8-5-2/h17,20,25-27,29-30,32,34,37-38,41,53H,4-16,18-19,21-24,28,31,33,35-36,39-40,42-52H2,1-3H3/b20-17-,27-25-,29-26-,32-30-,37-34-,41-38-/t53-/m0/s1. The molecule has 0 radical (unpaired) electrons. The highest BCUT2D eigenvalue weighted by Gasteiger charge is 2.19. The van der Waals surface area contributed by atoms with E-state index in [1.165, 1.54) is 128 Å². The molecule has 0 unspecified atom stereocenters. The van der Waals surface area contributed by atoms with Crippen LogP contribution in [-0.2, 0) is 28.6 Å².